The van der Waals surface area contributed by atoms with E-state index in [1.165, 1.54) is 18.2 Å². The van der Waals surface area contributed by atoms with E-state index in [4.69, 9.17) is 23.2 Å². The zero-order valence-electron chi connectivity index (χ0n) is 22.2. The first-order valence-electron chi connectivity index (χ1n) is 13.0. The second-order valence-electron chi connectivity index (χ2n) is 9.37. The molecule has 3 N–H and O–H groups in total. The number of aliphatic carboxylic acids is 1. The maximum Gasteiger partial charge on any atom is 0.327 e. The van der Waals surface area contributed by atoms with Crippen molar-refractivity contribution in [1.29, 1.82) is 0 Å². The Hall–Kier alpha value is -3.79. The molecule has 0 aliphatic heterocycles. The fraction of sp³-hybridized carbons (Fsp3) is 0.200. The summed E-state index contributed by atoms with van der Waals surface area (Å²) in [6, 6.07) is 21.4. The highest BCUT2D eigenvalue weighted by atomic mass is 35.5. The first-order chi connectivity index (χ1) is 19.6. The van der Waals surface area contributed by atoms with E-state index in [-0.39, 0.29) is 27.0 Å². The van der Waals surface area contributed by atoms with Gasteiger partial charge in [-0.25, -0.2) is 18.0 Å². The van der Waals surface area contributed by atoms with Gasteiger partial charge in [-0.1, -0.05) is 97.6 Å². The van der Waals surface area contributed by atoms with E-state index in [1.54, 1.807) is 36.4 Å². The highest BCUT2D eigenvalue weighted by molar-refractivity contribution is 7.93. The second kappa shape index (κ2) is 13.2. The summed E-state index contributed by atoms with van der Waals surface area (Å²) in [6.45, 7) is 2.21. The van der Waals surface area contributed by atoms with Crippen LogP contribution in [0.3, 0.4) is 0 Å². The maximum atomic E-state index is 14.1. The van der Waals surface area contributed by atoms with E-state index in [2.05, 4.69) is 10.6 Å². The molecule has 2 amide bonds. The van der Waals surface area contributed by atoms with Crippen LogP contribution in [0.1, 0.15) is 31.7 Å². The molecule has 0 aliphatic carbocycles. The number of fused-ring (bicyclic) bond motifs is 1. The lowest BCUT2D eigenvalue weighted by Gasteiger charge is -2.31. The van der Waals surface area contributed by atoms with Gasteiger partial charge in [-0.05, 0) is 42.3 Å². The van der Waals surface area contributed by atoms with E-state index in [1.807, 2.05) is 37.3 Å². The molecule has 11 heteroatoms. The molecule has 1 atom stereocenters. The summed E-state index contributed by atoms with van der Waals surface area (Å²) in [5.41, 5.74) is 1.51. The van der Waals surface area contributed by atoms with Gasteiger partial charge in [0.25, 0.3) is 10.0 Å². The summed E-state index contributed by atoms with van der Waals surface area (Å²) in [6.07, 6.45) is 1.23. The van der Waals surface area contributed by atoms with Crippen LogP contribution in [0.2, 0.25) is 10.0 Å². The number of amides is 2. The van der Waals surface area contributed by atoms with Crippen molar-refractivity contribution in [2.45, 2.75) is 43.7 Å². The Kier molecular flexibility index (Phi) is 9.75. The van der Waals surface area contributed by atoms with Crippen molar-refractivity contribution in [1.82, 2.24) is 5.32 Å². The normalized spacial score (nSPS) is 12.1. The molecule has 4 rings (SSSR count). The fourth-order valence-electron chi connectivity index (χ4n) is 4.53. The maximum absolute atomic E-state index is 14.1. The molecule has 41 heavy (non-hydrogen) atoms. The van der Waals surface area contributed by atoms with Gasteiger partial charge >= 0.3 is 12.0 Å². The molecule has 0 radical (unpaired) electrons. The van der Waals surface area contributed by atoms with E-state index in [0.717, 1.165) is 9.87 Å². The Morgan fingerprint density at radius 1 is 0.902 bits per heavy atom. The van der Waals surface area contributed by atoms with Crippen LogP contribution in [-0.2, 0) is 21.4 Å². The van der Waals surface area contributed by atoms with Crippen molar-refractivity contribution in [3.63, 3.8) is 0 Å². The van der Waals surface area contributed by atoms with Crippen LogP contribution >= 0.6 is 23.2 Å². The van der Waals surface area contributed by atoms with Crippen LogP contribution in [0.25, 0.3) is 10.8 Å². The summed E-state index contributed by atoms with van der Waals surface area (Å²) in [5, 5.41) is 17.0. The van der Waals surface area contributed by atoms with Crippen LogP contribution in [0, 0.1) is 0 Å². The molecule has 0 saturated heterocycles. The van der Waals surface area contributed by atoms with E-state index in [0.29, 0.717) is 35.8 Å². The number of nitrogens with one attached hydrogen (secondary N) is 2. The zero-order valence-corrected chi connectivity index (χ0v) is 24.5. The molecule has 1 unspecified atom stereocenters. The molecule has 0 heterocycles. The predicted molar refractivity (Wildman–Crippen MR) is 163 cm³/mol. The Balaban J connectivity index is 1.80. The van der Waals surface area contributed by atoms with Gasteiger partial charge in [-0.3, -0.25) is 4.31 Å². The van der Waals surface area contributed by atoms with Crippen LogP contribution < -0.4 is 14.9 Å². The summed E-state index contributed by atoms with van der Waals surface area (Å²) in [4.78, 5) is 25.1. The number of carbonyl (C=O) groups is 2. The number of urea groups is 1. The molecule has 214 valence electrons. The Morgan fingerprint density at radius 2 is 1.56 bits per heavy atom. The topological polar surface area (TPSA) is 116 Å². The number of carboxylic acids is 1. The number of rotatable bonds is 11. The molecule has 0 aliphatic rings. The van der Waals surface area contributed by atoms with Crippen molar-refractivity contribution in [2.24, 2.45) is 0 Å². The lowest BCUT2D eigenvalue weighted by atomic mass is 10.0. The van der Waals surface area contributed by atoms with Crippen molar-refractivity contribution in [3.8, 4) is 0 Å². The molecule has 0 aromatic heterocycles. The van der Waals surface area contributed by atoms with Gasteiger partial charge < -0.3 is 15.7 Å². The standard InChI is InChI=1S/C30H29Cl2N3O5S/c1-2-3-14-28(29(36)37)35(41(39,40)23-17-21(31)16-22(32)18-23)27-15-8-11-24-25(27)12-7-13-26(24)34-30(38)33-19-20-9-5-4-6-10-20/h4-13,15-18,28H,2-3,14,19H2,1H3,(H,36,37)(H2,33,34,38). The van der Waals surface area contributed by atoms with Gasteiger partial charge in [0, 0.05) is 27.4 Å². The Bertz CT molecular complexity index is 1650. The predicted octanol–water partition coefficient (Wildman–Crippen LogP) is 7.31. The Labute approximate surface area is 248 Å². The number of sulfonamides is 1. The van der Waals surface area contributed by atoms with Crippen molar-refractivity contribution in [2.75, 3.05) is 9.62 Å². The third-order valence-corrected chi connectivity index (χ3v) is 8.71. The number of halogens is 2. The van der Waals surface area contributed by atoms with Gasteiger partial charge in [-0.2, -0.15) is 0 Å². The molecule has 0 bridgehead atoms. The summed E-state index contributed by atoms with van der Waals surface area (Å²) in [5.74, 6) is -1.29. The number of benzene rings is 4. The lowest BCUT2D eigenvalue weighted by molar-refractivity contribution is -0.138. The molecule has 0 saturated carbocycles. The molecule has 4 aromatic rings. The van der Waals surface area contributed by atoms with Crippen LogP contribution in [0.15, 0.2) is 89.8 Å². The molecular weight excluding hydrogens is 585 g/mol. The van der Waals surface area contributed by atoms with Crippen molar-refractivity contribution >= 4 is 67.4 Å². The first-order valence-corrected chi connectivity index (χ1v) is 15.1. The van der Waals surface area contributed by atoms with Crippen molar-refractivity contribution in [3.05, 3.63) is 101 Å². The Morgan fingerprint density at radius 3 is 2.22 bits per heavy atom. The molecule has 0 fully saturated rings. The number of nitrogens with zero attached hydrogens (tertiary/aromatic N) is 1. The van der Waals surface area contributed by atoms with Gasteiger partial charge in [0.1, 0.15) is 6.04 Å². The minimum atomic E-state index is -4.46. The van der Waals surface area contributed by atoms with Gasteiger partial charge in [0.15, 0.2) is 0 Å². The zero-order chi connectivity index (χ0) is 29.6. The van der Waals surface area contributed by atoms with Crippen LogP contribution in [0.4, 0.5) is 16.2 Å². The smallest absolute Gasteiger partial charge is 0.327 e. The first kappa shape index (κ1) is 30.2. The van der Waals surface area contributed by atoms with Gasteiger partial charge in [0.2, 0.25) is 0 Å². The molecule has 4 aromatic carbocycles. The highest BCUT2D eigenvalue weighted by Gasteiger charge is 2.37. The number of hydrogen-bond donors (Lipinski definition) is 3. The molecule has 8 nitrogen and oxygen atoms in total. The van der Waals surface area contributed by atoms with Gasteiger partial charge in [-0.15, -0.1) is 0 Å². The van der Waals surface area contributed by atoms with Crippen molar-refractivity contribution < 1.29 is 23.1 Å². The monoisotopic (exact) mass is 613 g/mol. The highest BCUT2D eigenvalue weighted by Crippen LogP contribution is 2.37. The van der Waals surface area contributed by atoms with Gasteiger partial charge in [0.05, 0.1) is 16.3 Å². The average molecular weight is 615 g/mol. The van der Waals surface area contributed by atoms with E-state index >= 15 is 0 Å². The van der Waals surface area contributed by atoms with E-state index in [9.17, 15) is 23.1 Å². The third kappa shape index (κ3) is 7.11. The fourth-order valence-corrected chi connectivity index (χ4v) is 6.92. The number of hydrogen-bond acceptors (Lipinski definition) is 4. The van der Waals surface area contributed by atoms with E-state index < -0.39 is 28.1 Å². The summed E-state index contributed by atoms with van der Waals surface area (Å²) in [7, 11) is -4.46. The summed E-state index contributed by atoms with van der Waals surface area (Å²) >= 11 is 12.3. The number of carboxylic acid groups (broad SMARTS) is 1. The molecular formula is C30H29Cl2N3O5S. The minimum absolute atomic E-state index is 0.0789. The van der Waals surface area contributed by atoms with Crippen LogP contribution in [0.5, 0.6) is 0 Å². The average Bonchev–Trinajstić information content (AvgIpc) is 2.94. The third-order valence-electron chi connectivity index (χ3n) is 6.47. The lowest BCUT2D eigenvalue weighted by Crippen LogP contribution is -2.45. The largest absolute Gasteiger partial charge is 0.480 e. The summed E-state index contributed by atoms with van der Waals surface area (Å²) < 4.78 is 29.2. The number of unbranched alkanes of at least 4 members (excludes halogenated alkanes) is 1. The minimum Gasteiger partial charge on any atom is -0.480 e. The quantitative estimate of drug-likeness (QED) is 0.164. The SMILES string of the molecule is CCCCC(C(=O)O)N(c1cccc2c(NC(=O)NCc3ccccc3)cccc12)S(=O)(=O)c1cc(Cl)cc(Cl)c1. The second-order valence-corrected chi connectivity index (χ2v) is 12.1. The molecule has 0 spiro atoms. The number of carbonyl (C=O) groups excluding carboxylic acids is 1. The number of anilines is 2. The van der Waals surface area contributed by atoms with Crippen LogP contribution in [-0.4, -0.2) is 31.6 Å².